The molecular formula is C11H17NO3. The van der Waals surface area contributed by atoms with Gasteiger partial charge in [0.1, 0.15) is 0 Å². The van der Waals surface area contributed by atoms with E-state index in [1.807, 2.05) is 6.92 Å². The number of anilines is 1. The van der Waals surface area contributed by atoms with Crippen molar-refractivity contribution in [1.82, 2.24) is 0 Å². The van der Waals surface area contributed by atoms with Crippen molar-refractivity contribution in [1.29, 1.82) is 0 Å². The standard InChI is InChI=1S/C11H17NO3/c1-7(2)6-8(3)12-10-5-4-9(15-10)11(13)14/h4-5,7-8,12H,6H2,1-3H3,(H,13,14). The minimum absolute atomic E-state index is 0.0331. The largest absolute Gasteiger partial charge is 0.475 e. The summed E-state index contributed by atoms with van der Waals surface area (Å²) >= 11 is 0. The van der Waals surface area contributed by atoms with Crippen molar-refractivity contribution < 1.29 is 14.3 Å². The number of aromatic carboxylic acids is 1. The Kier molecular flexibility index (Phi) is 3.77. The van der Waals surface area contributed by atoms with Gasteiger partial charge in [-0.2, -0.15) is 0 Å². The molecule has 0 bridgehead atoms. The quantitative estimate of drug-likeness (QED) is 0.786. The van der Waals surface area contributed by atoms with Crippen LogP contribution in [0.2, 0.25) is 0 Å². The molecule has 15 heavy (non-hydrogen) atoms. The molecule has 0 aliphatic carbocycles. The van der Waals surface area contributed by atoms with Crippen LogP contribution < -0.4 is 5.32 Å². The molecule has 4 heteroatoms. The monoisotopic (exact) mass is 211 g/mol. The van der Waals surface area contributed by atoms with Gasteiger partial charge in [0.2, 0.25) is 5.76 Å². The van der Waals surface area contributed by atoms with Gasteiger partial charge in [-0.3, -0.25) is 0 Å². The van der Waals surface area contributed by atoms with Crippen LogP contribution >= 0.6 is 0 Å². The predicted octanol–water partition coefficient (Wildman–Crippen LogP) is 2.82. The van der Waals surface area contributed by atoms with Crippen LogP contribution in [0.25, 0.3) is 0 Å². The molecular weight excluding hydrogens is 194 g/mol. The minimum atomic E-state index is -1.04. The van der Waals surface area contributed by atoms with Crippen LogP contribution in [-0.4, -0.2) is 17.1 Å². The Labute approximate surface area is 89.3 Å². The number of carbonyl (C=O) groups is 1. The average molecular weight is 211 g/mol. The Morgan fingerprint density at radius 1 is 1.47 bits per heavy atom. The van der Waals surface area contributed by atoms with Crippen LogP contribution in [0, 0.1) is 5.92 Å². The second-order valence-electron chi connectivity index (χ2n) is 4.14. The van der Waals surface area contributed by atoms with E-state index in [2.05, 4.69) is 19.2 Å². The summed E-state index contributed by atoms with van der Waals surface area (Å²) in [6.45, 7) is 6.33. The van der Waals surface area contributed by atoms with E-state index in [9.17, 15) is 4.79 Å². The lowest BCUT2D eigenvalue weighted by atomic mass is 10.1. The summed E-state index contributed by atoms with van der Waals surface area (Å²) in [7, 11) is 0. The lowest BCUT2D eigenvalue weighted by molar-refractivity contribution is 0.0663. The molecule has 1 rings (SSSR count). The molecule has 1 aromatic heterocycles. The van der Waals surface area contributed by atoms with Crippen molar-refractivity contribution in [2.24, 2.45) is 5.92 Å². The van der Waals surface area contributed by atoms with Gasteiger partial charge in [0, 0.05) is 12.1 Å². The van der Waals surface area contributed by atoms with Crippen LogP contribution in [-0.2, 0) is 0 Å². The first-order valence-corrected chi connectivity index (χ1v) is 5.08. The van der Waals surface area contributed by atoms with Crippen molar-refractivity contribution in [3.8, 4) is 0 Å². The van der Waals surface area contributed by atoms with E-state index in [4.69, 9.17) is 9.52 Å². The van der Waals surface area contributed by atoms with E-state index in [1.165, 1.54) is 6.07 Å². The Bertz CT molecular complexity index is 330. The number of rotatable bonds is 5. The highest BCUT2D eigenvalue weighted by Crippen LogP contribution is 2.16. The molecule has 1 aromatic rings. The maximum Gasteiger partial charge on any atom is 0.371 e. The number of furan rings is 1. The normalized spacial score (nSPS) is 12.8. The van der Waals surface area contributed by atoms with E-state index < -0.39 is 5.97 Å². The van der Waals surface area contributed by atoms with Crippen LogP contribution in [0.5, 0.6) is 0 Å². The summed E-state index contributed by atoms with van der Waals surface area (Å²) in [5.74, 6) is 0.0377. The molecule has 0 amide bonds. The molecule has 0 saturated carbocycles. The Balaban J connectivity index is 2.53. The van der Waals surface area contributed by atoms with Gasteiger partial charge < -0.3 is 14.8 Å². The third-order valence-corrected chi connectivity index (χ3v) is 2.03. The summed E-state index contributed by atoms with van der Waals surface area (Å²) in [5, 5.41) is 11.8. The molecule has 2 N–H and O–H groups in total. The molecule has 0 aromatic carbocycles. The highest BCUT2D eigenvalue weighted by atomic mass is 16.4. The zero-order valence-electron chi connectivity index (χ0n) is 9.28. The summed E-state index contributed by atoms with van der Waals surface area (Å²) < 4.78 is 5.09. The van der Waals surface area contributed by atoms with Gasteiger partial charge in [0.25, 0.3) is 0 Å². The highest BCUT2D eigenvalue weighted by molar-refractivity contribution is 5.84. The first-order chi connectivity index (χ1) is 6.99. The molecule has 0 radical (unpaired) electrons. The van der Waals surface area contributed by atoms with E-state index in [-0.39, 0.29) is 11.8 Å². The molecule has 0 fully saturated rings. The molecule has 0 spiro atoms. The summed E-state index contributed by atoms with van der Waals surface area (Å²) in [5.41, 5.74) is 0. The molecule has 84 valence electrons. The van der Waals surface area contributed by atoms with Crippen LogP contribution in [0.4, 0.5) is 5.88 Å². The molecule has 1 heterocycles. The van der Waals surface area contributed by atoms with Gasteiger partial charge in [-0.25, -0.2) is 4.79 Å². The van der Waals surface area contributed by atoms with Gasteiger partial charge in [-0.05, 0) is 25.3 Å². The third-order valence-electron chi connectivity index (χ3n) is 2.03. The third kappa shape index (κ3) is 3.65. The van der Waals surface area contributed by atoms with E-state index in [0.29, 0.717) is 11.8 Å². The smallest absolute Gasteiger partial charge is 0.371 e. The van der Waals surface area contributed by atoms with Gasteiger partial charge in [-0.1, -0.05) is 13.8 Å². The van der Waals surface area contributed by atoms with Crippen molar-refractivity contribution >= 4 is 11.9 Å². The predicted molar refractivity (Wildman–Crippen MR) is 58.2 cm³/mol. The van der Waals surface area contributed by atoms with Crippen molar-refractivity contribution in [3.05, 3.63) is 17.9 Å². The Morgan fingerprint density at radius 3 is 2.60 bits per heavy atom. The molecule has 1 unspecified atom stereocenters. The number of nitrogens with one attached hydrogen (secondary N) is 1. The fourth-order valence-electron chi connectivity index (χ4n) is 1.54. The zero-order valence-corrected chi connectivity index (χ0v) is 9.28. The van der Waals surface area contributed by atoms with Gasteiger partial charge in [-0.15, -0.1) is 0 Å². The summed E-state index contributed by atoms with van der Waals surface area (Å²) in [6.07, 6.45) is 1.02. The van der Waals surface area contributed by atoms with Gasteiger partial charge in [0.15, 0.2) is 5.88 Å². The van der Waals surface area contributed by atoms with Crippen molar-refractivity contribution in [2.45, 2.75) is 33.2 Å². The number of hydrogen-bond acceptors (Lipinski definition) is 3. The van der Waals surface area contributed by atoms with Crippen LogP contribution in [0.3, 0.4) is 0 Å². The van der Waals surface area contributed by atoms with Gasteiger partial charge in [0.05, 0.1) is 0 Å². The topological polar surface area (TPSA) is 62.5 Å². The molecule has 0 aliphatic rings. The number of carboxylic acids is 1. The number of hydrogen-bond donors (Lipinski definition) is 2. The SMILES string of the molecule is CC(C)CC(C)Nc1ccc(C(=O)O)o1. The second kappa shape index (κ2) is 4.87. The second-order valence-corrected chi connectivity index (χ2v) is 4.14. The highest BCUT2D eigenvalue weighted by Gasteiger charge is 2.11. The van der Waals surface area contributed by atoms with E-state index >= 15 is 0 Å². The fourth-order valence-corrected chi connectivity index (χ4v) is 1.54. The van der Waals surface area contributed by atoms with Crippen LogP contribution in [0.15, 0.2) is 16.5 Å². The molecule has 0 saturated heterocycles. The first-order valence-electron chi connectivity index (χ1n) is 5.08. The van der Waals surface area contributed by atoms with E-state index in [0.717, 1.165) is 6.42 Å². The Morgan fingerprint density at radius 2 is 2.13 bits per heavy atom. The molecule has 4 nitrogen and oxygen atoms in total. The summed E-state index contributed by atoms with van der Waals surface area (Å²) in [4.78, 5) is 10.6. The maximum atomic E-state index is 10.6. The summed E-state index contributed by atoms with van der Waals surface area (Å²) in [6, 6.07) is 3.37. The first kappa shape index (κ1) is 11.6. The average Bonchev–Trinajstić information content (AvgIpc) is 2.50. The molecule has 0 aliphatic heterocycles. The van der Waals surface area contributed by atoms with E-state index in [1.54, 1.807) is 6.07 Å². The Hall–Kier alpha value is -1.45. The lowest BCUT2D eigenvalue weighted by Crippen LogP contribution is -2.16. The van der Waals surface area contributed by atoms with Crippen molar-refractivity contribution in [3.63, 3.8) is 0 Å². The minimum Gasteiger partial charge on any atom is -0.475 e. The van der Waals surface area contributed by atoms with Crippen LogP contribution in [0.1, 0.15) is 37.7 Å². The zero-order chi connectivity index (χ0) is 11.4. The lowest BCUT2D eigenvalue weighted by Gasteiger charge is -2.14. The number of carboxylic acid groups (broad SMARTS) is 1. The van der Waals surface area contributed by atoms with Gasteiger partial charge >= 0.3 is 5.97 Å². The fraction of sp³-hybridized carbons (Fsp3) is 0.545. The maximum absolute atomic E-state index is 10.6. The van der Waals surface area contributed by atoms with Crippen molar-refractivity contribution in [2.75, 3.05) is 5.32 Å². The molecule has 1 atom stereocenters.